The Kier molecular flexibility index (Phi) is 4.01. The van der Waals surface area contributed by atoms with Gasteiger partial charge in [-0.3, -0.25) is 9.80 Å². The van der Waals surface area contributed by atoms with Crippen LogP contribution >= 0.6 is 0 Å². The van der Waals surface area contributed by atoms with Crippen LogP contribution in [0.3, 0.4) is 0 Å². The van der Waals surface area contributed by atoms with Crippen LogP contribution in [-0.2, 0) is 0 Å². The molecule has 4 rings (SSSR count). The quantitative estimate of drug-likeness (QED) is 0.781. The van der Waals surface area contributed by atoms with Crippen LogP contribution < -0.4 is 0 Å². The number of nitrogens with zero attached hydrogens (tertiary/aromatic N) is 2. The second-order valence-corrected chi connectivity index (χ2v) is 8.94. The number of hydrogen-bond acceptors (Lipinski definition) is 2. The molecule has 2 saturated heterocycles. The second-order valence-electron chi connectivity index (χ2n) is 8.94. The highest BCUT2D eigenvalue weighted by Gasteiger charge is 2.56. The van der Waals surface area contributed by atoms with E-state index in [0.717, 1.165) is 13.1 Å². The summed E-state index contributed by atoms with van der Waals surface area (Å²) in [6, 6.07) is 23.2. The van der Waals surface area contributed by atoms with E-state index in [1.54, 1.807) is 0 Å². The zero-order valence-electron chi connectivity index (χ0n) is 15.9. The van der Waals surface area contributed by atoms with Crippen LogP contribution in [0.15, 0.2) is 60.7 Å². The largest absolute Gasteiger partial charge is 0.298 e. The summed E-state index contributed by atoms with van der Waals surface area (Å²) in [6.45, 7) is 7.25. The van der Waals surface area contributed by atoms with E-state index in [2.05, 4.69) is 98.4 Å². The van der Waals surface area contributed by atoms with Gasteiger partial charge >= 0.3 is 0 Å². The van der Waals surface area contributed by atoms with Crippen LogP contribution in [0.25, 0.3) is 0 Å². The lowest BCUT2D eigenvalue weighted by Crippen LogP contribution is -2.62. The standard InChI is InChI=1S/C23H30N2/c1-22-15-23(2,17-25(4)20(22)18-11-7-5-8-12-18)21(24(3)16-22)19-13-9-6-10-14-19/h5-14,20-21H,15-17H2,1-4H3/t20-,21?,22-,23?/m1/s1. The zero-order valence-corrected chi connectivity index (χ0v) is 15.9. The van der Waals surface area contributed by atoms with Gasteiger partial charge in [-0.05, 0) is 31.6 Å². The molecule has 2 aromatic carbocycles. The maximum Gasteiger partial charge on any atom is 0.0411 e. The Balaban J connectivity index is 1.74. The van der Waals surface area contributed by atoms with Crippen molar-refractivity contribution < 1.29 is 0 Å². The average molecular weight is 335 g/mol. The molecule has 0 N–H and O–H groups in total. The Morgan fingerprint density at radius 1 is 0.680 bits per heavy atom. The molecule has 0 amide bonds. The Morgan fingerprint density at radius 2 is 1.04 bits per heavy atom. The summed E-state index contributed by atoms with van der Waals surface area (Å²) in [5.74, 6) is 0. The van der Waals surface area contributed by atoms with Gasteiger partial charge in [-0.2, -0.15) is 0 Å². The molecule has 4 atom stereocenters. The molecule has 2 heteroatoms. The SMILES string of the molecule is CN1C[C@@]2(C)CC(C)(CN(C)[C@@H]2c2ccccc2)C1c1ccccc1. The summed E-state index contributed by atoms with van der Waals surface area (Å²) >= 11 is 0. The highest BCUT2D eigenvalue weighted by Crippen LogP contribution is 2.60. The summed E-state index contributed by atoms with van der Waals surface area (Å²) in [5, 5.41) is 0. The van der Waals surface area contributed by atoms with E-state index in [0.29, 0.717) is 12.1 Å². The fourth-order valence-electron chi connectivity index (χ4n) is 6.37. The minimum absolute atomic E-state index is 0.267. The highest BCUT2D eigenvalue weighted by molar-refractivity contribution is 5.28. The molecule has 0 saturated carbocycles. The summed E-state index contributed by atoms with van der Waals surface area (Å²) in [4.78, 5) is 5.23. The second kappa shape index (κ2) is 5.96. The van der Waals surface area contributed by atoms with Gasteiger partial charge in [0.05, 0.1) is 0 Å². The van der Waals surface area contributed by atoms with Gasteiger partial charge in [-0.1, -0.05) is 74.5 Å². The molecule has 2 heterocycles. The smallest absolute Gasteiger partial charge is 0.0411 e. The first-order valence-electron chi connectivity index (χ1n) is 9.43. The van der Waals surface area contributed by atoms with Crippen LogP contribution in [0, 0.1) is 10.8 Å². The molecule has 132 valence electrons. The van der Waals surface area contributed by atoms with Crippen molar-refractivity contribution in [1.29, 1.82) is 0 Å². The first kappa shape index (κ1) is 16.8. The average Bonchev–Trinajstić information content (AvgIpc) is 2.54. The fraction of sp³-hybridized carbons (Fsp3) is 0.478. The molecule has 2 aromatic rings. The molecular formula is C23H30N2. The first-order chi connectivity index (χ1) is 11.9. The van der Waals surface area contributed by atoms with Crippen LogP contribution in [0.5, 0.6) is 0 Å². The number of likely N-dealkylation sites (tertiary alicyclic amines) is 2. The van der Waals surface area contributed by atoms with Gasteiger partial charge in [-0.25, -0.2) is 0 Å². The molecule has 2 fully saturated rings. The van der Waals surface area contributed by atoms with E-state index >= 15 is 0 Å². The molecule has 0 aliphatic carbocycles. The van der Waals surface area contributed by atoms with Crippen LogP contribution in [0.4, 0.5) is 0 Å². The molecule has 0 radical (unpaired) electrons. The lowest BCUT2D eigenvalue weighted by molar-refractivity contribution is -0.133. The fourth-order valence-corrected chi connectivity index (χ4v) is 6.37. The molecule has 2 aliphatic heterocycles. The number of hydrogen-bond donors (Lipinski definition) is 0. The minimum Gasteiger partial charge on any atom is -0.298 e. The molecule has 0 spiro atoms. The third kappa shape index (κ3) is 2.72. The van der Waals surface area contributed by atoms with Crippen molar-refractivity contribution in [3.05, 3.63) is 71.8 Å². The van der Waals surface area contributed by atoms with Crippen molar-refractivity contribution in [2.45, 2.75) is 32.4 Å². The molecule has 0 aromatic heterocycles. The Bertz CT molecular complexity index is 665. The van der Waals surface area contributed by atoms with Crippen molar-refractivity contribution in [3.8, 4) is 0 Å². The van der Waals surface area contributed by atoms with E-state index in [-0.39, 0.29) is 10.8 Å². The third-order valence-electron chi connectivity index (χ3n) is 6.46. The molecule has 2 nitrogen and oxygen atoms in total. The molecule has 2 aliphatic rings. The molecule has 2 bridgehead atoms. The number of benzene rings is 2. The third-order valence-corrected chi connectivity index (χ3v) is 6.46. The van der Waals surface area contributed by atoms with Crippen molar-refractivity contribution in [1.82, 2.24) is 9.80 Å². The number of piperidine rings is 2. The first-order valence-corrected chi connectivity index (χ1v) is 9.43. The number of rotatable bonds is 2. The summed E-state index contributed by atoms with van der Waals surface area (Å²) in [7, 11) is 4.64. The predicted molar refractivity (Wildman–Crippen MR) is 104 cm³/mol. The van der Waals surface area contributed by atoms with Gasteiger partial charge in [0.1, 0.15) is 0 Å². The highest BCUT2D eigenvalue weighted by atomic mass is 15.2. The van der Waals surface area contributed by atoms with E-state index < -0.39 is 0 Å². The molecule has 25 heavy (non-hydrogen) atoms. The Morgan fingerprint density at radius 3 is 1.40 bits per heavy atom. The lowest BCUT2D eigenvalue weighted by atomic mass is 9.57. The van der Waals surface area contributed by atoms with Gasteiger partial charge in [0.2, 0.25) is 0 Å². The molecular weight excluding hydrogens is 304 g/mol. The Hall–Kier alpha value is -1.64. The van der Waals surface area contributed by atoms with E-state index in [9.17, 15) is 0 Å². The van der Waals surface area contributed by atoms with Crippen LogP contribution in [0.1, 0.15) is 43.5 Å². The summed E-state index contributed by atoms with van der Waals surface area (Å²) in [6.07, 6.45) is 1.27. The van der Waals surface area contributed by atoms with Crippen molar-refractivity contribution >= 4 is 0 Å². The minimum atomic E-state index is 0.267. The van der Waals surface area contributed by atoms with Crippen LogP contribution in [-0.4, -0.2) is 37.0 Å². The van der Waals surface area contributed by atoms with Gasteiger partial charge < -0.3 is 0 Å². The van der Waals surface area contributed by atoms with Gasteiger partial charge in [0.25, 0.3) is 0 Å². The predicted octanol–water partition coefficient (Wildman–Crippen LogP) is 4.76. The van der Waals surface area contributed by atoms with E-state index in [1.807, 2.05) is 0 Å². The lowest BCUT2D eigenvalue weighted by Gasteiger charge is -2.63. The van der Waals surface area contributed by atoms with Crippen LogP contribution in [0.2, 0.25) is 0 Å². The molecule has 2 unspecified atom stereocenters. The normalized spacial score (nSPS) is 36.3. The van der Waals surface area contributed by atoms with Gasteiger partial charge in [-0.15, -0.1) is 0 Å². The van der Waals surface area contributed by atoms with E-state index in [4.69, 9.17) is 0 Å². The summed E-state index contributed by atoms with van der Waals surface area (Å²) in [5.41, 5.74) is 3.45. The Labute approximate surface area is 152 Å². The summed E-state index contributed by atoms with van der Waals surface area (Å²) < 4.78 is 0. The maximum atomic E-state index is 2.61. The monoisotopic (exact) mass is 334 g/mol. The maximum absolute atomic E-state index is 2.61. The van der Waals surface area contributed by atoms with Gasteiger partial charge in [0.15, 0.2) is 0 Å². The number of fused-ring (bicyclic) bond motifs is 2. The topological polar surface area (TPSA) is 6.48 Å². The van der Waals surface area contributed by atoms with E-state index in [1.165, 1.54) is 17.5 Å². The van der Waals surface area contributed by atoms with Crippen molar-refractivity contribution in [2.75, 3.05) is 27.2 Å². The van der Waals surface area contributed by atoms with Crippen molar-refractivity contribution in [2.24, 2.45) is 10.8 Å². The van der Waals surface area contributed by atoms with Crippen molar-refractivity contribution in [3.63, 3.8) is 0 Å². The zero-order chi connectivity index (χ0) is 17.7. The van der Waals surface area contributed by atoms with Gasteiger partial charge in [0, 0.05) is 36.0 Å².